The van der Waals surface area contributed by atoms with Crippen molar-refractivity contribution in [3.05, 3.63) is 174 Å². The van der Waals surface area contributed by atoms with Crippen LogP contribution < -0.4 is 0 Å². The normalized spacial score (nSPS) is 13.5. The average molecular weight is 896 g/mol. The van der Waals surface area contributed by atoms with E-state index in [1.807, 2.05) is 0 Å². The van der Waals surface area contributed by atoms with Crippen molar-refractivity contribution < 1.29 is 0 Å². The fourth-order valence-electron chi connectivity index (χ4n) is 11.9. The number of hydrogen-bond acceptors (Lipinski definition) is 0. The average Bonchev–Trinajstić information content (AvgIpc) is 4.02. The second-order valence-corrected chi connectivity index (χ2v) is 24.3. The maximum atomic E-state index is 2.62. The van der Waals surface area contributed by atoms with Gasteiger partial charge in [-0.25, -0.2) is 0 Å². The topological polar surface area (TPSA) is 14.3 Å². The molecule has 340 valence electrons. The Bertz CT molecular complexity index is 3910. The molecule has 9 aromatic carbocycles. The molecule has 4 aromatic heterocycles. The Morgan fingerprint density at radius 3 is 0.899 bits per heavy atom. The summed E-state index contributed by atoms with van der Waals surface area (Å²) in [5.74, 6) is 0. The second-order valence-electron chi connectivity index (χ2n) is 24.3. The van der Waals surface area contributed by atoms with Gasteiger partial charge in [0.2, 0.25) is 0 Å². The van der Waals surface area contributed by atoms with Crippen molar-refractivity contribution in [2.45, 2.75) is 105 Å². The quantitative estimate of drug-likeness (QED) is 0.164. The summed E-state index contributed by atoms with van der Waals surface area (Å²) in [7, 11) is 0. The van der Waals surface area contributed by atoms with E-state index in [0.29, 0.717) is 0 Å². The summed E-state index contributed by atoms with van der Waals surface area (Å²) in [5, 5.41) is 15.3. The fourth-order valence-corrected chi connectivity index (χ4v) is 11.9. The molecule has 0 aliphatic carbocycles. The summed E-state index contributed by atoms with van der Waals surface area (Å²) < 4.78 is 7.83. The maximum Gasteiger partial charge on any atom is 0.0640 e. The number of nitrogens with zero attached hydrogens (tertiary/aromatic N) is 3. The first-order chi connectivity index (χ1) is 32.8. The molecule has 0 saturated carbocycles. The smallest absolute Gasteiger partial charge is 0.0640 e. The number of aromatic nitrogens is 3. The zero-order valence-electron chi connectivity index (χ0n) is 42.3. The maximum absolute atomic E-state index is 2.62. The van der Waals surface area contributed by atoms with Gasteiger partial charge in [0.15, 0.2) is 0 Å². The summed E-state index contributed by atoms with van der Waals surface area (Å²) in [6.07, 6.45) is 0. The predicted molar refractivity (Wildman–Crippen MR) is 300 cm³/mol. The summed E-state index contributed by atoms with van der Waals surface area (Å²) in [6.45, 7) is 27.9. The van der Waals surface area contributed by atoms with Crippen molar-refractivity contribution in [3.63, 3.8) is 0 Å². The molecule has 0 atom stereocenters. The predicted octanol–water partition coefficient (Wildman–Crippen LogP) is 18.5. The fraction of sp³-hybridized carbons (Fsp3) is 0.242. The Labute approximate surface area is 404 Å². The lowest BCUT2D eigenvalue weighted by molar-refractivity contribution is 0.590. The van der Waals surface area contributed by atoms with Crippen LogP contribution in [0.25, 0.3) is 115 Å². The van der Waals surface area contributed by atoms with E-state index >= 15 is 0 Å². The molecule has 4 heterocycles. The van der Waals surface area contributed by atoms with Gasteiger partial charge in [0, 0.05) is 53.9 Å². The van der Waals surface area contributed by atoms with E-state index in [4.69, 9.17) is 0 Å². The van der Waals surface area contributed by atoms with Crippen LogP contribution in [0.5, 0.6) is 0 Å². The first-order valence-electron chi connectivity index (χ1n) is 25.0. The van der Waals surface area contributed by atoms with Gasteiger partial charge >= 0.3 is 0 Å². The number of rotatable bonds is 2. The van der Waals surface area contributed by atoms with Crippen LogP contribution in [0.1, 0.15) is 105 Å². The van der Waals surface area contributed by atoms with Crippen molar-refractivity contribution in [1.29, 1.82) is 0 Å². The van der Waals surface area contributed by atoms with Crippen LogP contribution in [0.2, 0.25) is 0 Å². The molecule has 0 unspecified atom stereocenters. The second kappa shape index (κ2) is 13.8. The molecule has 0 bridgehead atoms. The SMILES string of the molecule is CC(C)(C)c1ccc2c(c1)c1cc(C(C)(C)C)ccc1n2-c1c2ccccc2cc2c1c1cccc3c4c(-n5c6ccc(C(C)(C)C)cc6c6cc(C(C)(C)C)ccc65)c5ccccc5cc4n2c13. The molecule has 13 rings (SSSR count). The highest BCUT2D eigenvalue weighted by Crippen LogP contribution is 2.50. The van der Waals surface area contributed by atoms with Gasteiger partial charge in [0.25, 0.3) is 0 Å². The van der Waals surface area contributed by atoms with Crippen LogP contribution in [0.3, 0.4) is 0 Å². The third-order valence-corrected chi connectivity index (χ3v) is 15.7. The minimum atomic E-state index is 0.0121. The molecular formula is C66H61N3. The molecule has 0 amide bonds. The van der Waals surface area contributed by atoms with Crippen LogP contribution in [0, 0.1) is 0 Å². The highest BCUT2D eigenvalue weighted by atomic mass is 15.0. The van der Waals surface area contributed by atoms with Gasteiger partial charge in [0.1, 0.15) is 0 Å². The molecule has 3 heteroatoms. The molecule has 0 aliphatic rings. The van der Waals surface area contributed by atoms with Crippen molar-refractivity contribution in [1.82, 2.24) is 13.5 Å². The first kappa shape index (κ1) is 42.0. The standard InChI is InChI=1S/C66H61N3/c1-63(2,3)40-24-28-52-48(34-40)49-35-41(64(4,5)6)25-29-53(49)67(52)61-44-20-15-13-18-38(44)32-56-58(61)46-22-17-23-47-59-57(69(56)60(46)47)33-39-19-14-16-21-45(39)62(59)68-54-30-26-42(65(7,8)9)36-50(54)51-37-43(66(10,11)12)27-31-55(51)68/h13-37H,1-12H3. The molecule has 0 aliphatic heterocycles. The zero-order chi connectivity index (χ0) is 47.8. The van der Waals surface area contributed by atoms with Crippen molar-refractivity contribution in [2.75, 3.05) is 0 Å². The minimum Gasteiger partial charge on any atom is -0.308 e. The molecule has 69 heavy (non-hydrogen) atoms. The van der Waals surface area contributed by atoms with Gasteiger partial charge in [-0.15, -0.1) is 0 Å². The number of hydrogen-bond donors (Lipinski definition) is 0. The Hall–Kier alpha value is -7.10. The first-order valence-corrected chi connectivity index (χ1v) is 25.0. The number of para-hydroxylation sites is 1. The van der Waals surface area contributed by atoms with Gasteiger partial charge in [-0.1, -0.05) is 174 Å². The van der Waals surface area contributed by atoms with Gasteiger partial charge in [-0.05, 0) is 115 Å². The Morgan fingerprint density at radius 1 is 0.275 bits per heavy atom. The number of fused-ring (bicyclic) bond motifs is 14. The Balaban J connectivity index is 1.21. The van der Waals surface area contributed by atoms with E-state index < -0.39 is 0 Å². The highest BCUT2D eigenvalue weighted by Gasteiger charge is 2.29. The lowest BCUT2D eigenvalue weighted by Crippen LogP contribution is -2.10. The van der Waals surface area contributed by atoms with E-state index in [1.165, 1.54) is 137 Å². The van der Waals surface area contributed by atoms with E-state index in [0.717, 1.165) is 0 Å². The summed E-state index contributed by atoms with van der Waals surface area (Å²) in [4.78, 5) is 0. The monoisotopic (exact) mass is 895 g/mol. The molecule has 0 spiro atoms. The summed E-state index contributed by atoms with van der Waals surface area (Å²) in [6, 6.07) is 59.0. The molecule has 0 N–H and O–H groups in total. The molecule has 0 saturated heterocycles. The third-order valence-electron chi connectivity index (χ3n) is 15.7. The zero-order valence-corrected chi connectivity index (χ0v) is 42.3. The molecule has 3 nitrogen and oxygen atoms in total. The molecule has 13 aromatic rings. The largest absolute Gasteiger partial charge is 0.308 e. The van der Waals surface area contributed by atoms with Crippen LogP contribution in [-0.4, -0.2) is 13.5 Å². The van der Waals surface area contributed by atoms with Crippen molar-refractivity contribution in [2.24, 2.45) is 0 Å². The van der Waals surface area contributed by atoms with E-state index in [2.05, 4.69) is 248 Å². The molecular weight excluding hydrogens is 835 g/mol. The molecule has 0 fully saturated rings. The van der Waals surface area contributed by atoms with Gasteiger partial charge < -0.3 is 13.5 Å². The summed E-state index contributed by atoms with van der Waals surface area (Å²) in [5.41, 5.74) is 16.6. The van der Waals surface area contributed by atoms with Gasteiger partial charge in [-0.2, -0.15) is 0 Å². The van der Waals surface area contributed by atoms with Crippen molar-refractivity contribution in [3.8, 4) is 11.4 Å². The summed E-state index contributed by atoms with van der Waals surface area (Å²) >= 11 is 0. The highest BCUT2D eigenvalue weighted by molar-refractivity contribution is 6.31. The van der Waals surface area contributed by atoms with E-state index in [-0.39, 0.29) is 21.7 Å². The Kier molecular flexibility index (Phi) is 8.40. The van der Waals surface area contributed by atoms with Crippen molar-refractivity contribution >= 4 is 103 Å². The molecule has 0 radical (unpaired) electrons. The van der Waals surface area contributed by atoms with Crippen LogP contribution >= 0.6 is 0 Å². The van der Waals surface area contributed by atoms with E-state index in [9.17, 15) is 0 Å². The van der Waals surface area contributed by atoms with Crippen LogP contribution in [-0.2, 0) is 21.7 Å². The minimum absolute atomic E-state index is 0.0121. The Morgan fingerprint density at radius 2 is 0.580 bits per heavy atom. The lowest BCUT2D eigenvalue weighted by Gasteiger charge is -2.20. The van der Waals surface area contributed by atoms with Gasteiger partial charge in [0.05, 0.1) is 50.0 Å². The third kappa shape index (κ3) is 5.92. The van der Waals surface area contributed by atoms with Gasteiger partial charge in [-0.3, -0.25) is 0 Å². The van der Waals surface area contributed by atoms with Crippen LogP contribution in [0.4, 0.5) is 0 Å². The van der Waals surface area contributed by atoms with E-state index in [1.54, 1.807) is 0 Å². The number of benzene rings is 9. The lowest BCUT2D eigenvalue weighted by atomic mass is 9.85. The van der Waals surface area contributed by atoms with Crippen LogP contribution in [0.15, 0.2) is 152 Å².